The van der Waals surface area contributed by atoms with Gasteiger partial charge in [-0.2, -0.15) is 11.8 Å². The average molecular weight is 939 g/mol. The number of carbonyl (C=O) groups is 10. The van der Waals surface area contributed by atoms with Gasteiger partial charge in [0.25, 0.3) is 0 Å². The molecule has 0 saturated carbocycles. The maximum atomic E-state index is 14.1. The third-order valence-corrected chi connectivity index (χ3v) is 10.4. The minimum Gasteiger partial charge on any atom is -0.481 e. The van der Waals surface area contributed by atoms with Gasteiger partial charge in [0.15, 0.2) is 5.96 Å². The van der Waals surface area contributed by atoms with Crippen LogP contribution in [0.3, 0.4) is 0 Å². The molecule has 0 aliphatic carbocycles. The summed E-state index contributed by atoms with van der Waals surface area (Å²) in [6, 6.07) is -9.24. The number of aliphatic imine (C=N–C) groups is 1. The van der Waals surface area contributed by atoms with Crippen LogP contribution < -0.4 is 59.7 Å². The Morgan fingerprint density at radius 1 is 0.815 bits per heavy atom. The van der Waals surface area contributed by atoms with Crippen molar-refractivity contribution >= 4 is 76.9 Å². The zero-order valence-corrected chi connectivity index (χ0v) is 37.3. The second-order valence-electron chi connectivity index (χ2n) is 15.4. The number of H-pyrrole nitrogens is 1. The molecule has 1 aromatic heterocycles. The van der Waals surface area contributed by atoms with E-state index in [4.69, 9.17) is 17.2 Å². The lowest BCUT2D eigenvalue weighted by atomic mass is 10.0. The monoisotopic (exact) mass is 938 g/mol. The van der Waals surface area contributed by atoms with Crippen LogP contribution in [0.25, 0.3) is 0 Å². The summed E-state index contributed by atoms with van der Waals surface area (Å²) in [4.78, 5) is 139. The number of imidazole rings is 1. The number of rotatable bonds is 30. The van der Waals surface area contributed by atoms with Crippen LogP contribution in [0.4, 0.5) is 0 Å². The van der Waals surface area contributed by atoms with Gasteiger partial charge >= 0.3 is 11.9 Å². The molecule has 0 unspecified atom stereocenters. The molecule has 0 bridgehead atoms. The summed E-state index contributed by atoms with van der Waals surface area (Å²) in [5, 5.41) is 39.3. The highest BCUT2D eigenvalue weighted by Crippen LogP contribution is 2.10. The second kappa shape index (κ2) is 28.3. The fraction of sp³-hybridized carbons (Fsp3) is 0.632. The van der Waals surface area contributed by atoms with E-state index in [2.05, 4.69) is 57.5 Å². The Balaban J connectivity index is 2.36. The number of hydrogen-bond acceptors (Lipinski definition) is 14. The van der Waals surface area contributed by atoms with Crippen LogP contribution in [0, 0.1) is 5.92 Å². The number of aliphatic carboxylic acids is 2. The van der Waals surface area contributed by atoms with E-state index in [1.54, 1.807) is 20.1 Å². The van der Waals surface area contributed by atoms with Gasteiger partial charge in [0.2, 0.25) is 47.3 Å². The van der Waals surface area contributed by atoms with E-state index >= 15 is 0 Å². The van der Waals surface area contributed by atoms with Gasteiger partial charge in [-0.3, -0.25) is 48.1 Å². The SMILES string of the molecule is CSCC[C@H](NC(=O)CNC(=O)[C@@H]1CCCN1)C(=O)N[C@H](C(=O)N[C@@H](CCCN=C(N)N)C(=O)N[C@@H](Cc1cnc[nH]1)C(=O)N[C@@H](CCC(=O)O)C(=O)N[C@@H](CC(N)=O)C(=O)O)C(C)C. The molecule has 1 aliphatic heterocycles. The van der Waals surface area contributed by atoms with Crippen LogP contribution in [-0.4, -0.2) is 159 Å². The number of carbonyl (C=O) groups excluding carboxylic acids is 8. The van der Waals surface area contributed by atoms with Crippen LogP contribution in [0.1, 0.15) is 70.9 Å². The molecule has 8 amide bonds. The van der Waals surface area contributed by atoms with Gasteiger partial charge in [-0.1, -0.05) is 13.8 Å². The van der Waals surface area contributed by atoms with E-state index in [0.717, 1.165) is 6.42 Å². The van der Waals surface area contributed by atoms with Gasteiger partial charge in [-0.25, -0.2) is 9.78 Å². The molecule has 65 heavy (non-hydrogen) atoms. The number of amides is 8. The number of carboxylic acid groups (broad SMARTS) is 2. The summed E-state index contributed by atoms with van der Waals surface area (Å²) in [5.41, 5.74) is 16.3. The molecule has 2 rings (SSSR count). The van der Waals surface area contributed by atoms with E-state index in [-0.39, 0.29) is 50.6 Å². The average Bonchev–Trinajstić information content (AvgIpc) is 3.97. The number of carboxylic acids is 2. The van der Waals surface area contributed by atoms with E-state index < -0.39 is 121 Å². The molecule has 362 valence electrons. The number of nitrogens with two attached hydrogens (primary N) is 3. The quantitative estimate of drug-likeness (QED) is 0.0195. The van der Waals surface area contributed by atoms with Crippen LogP contribution in [0.5, 0.6) is 0 Å². The van der Waals surface area contributed by atoms with Crippen LogP contribution in [0.2, 0.25) is 0 Å². The predicted molar refractivity (Wildman–Crippen MR) is 234 cm³/mol. The molecule has 26 nitrogen and oxygen atoms in total. The number of aromatic amines is 1. The van der Waals surface area contributed by atoms with Crippen molar-refractivity contribution in [3.63, 3.8) is 0 Å². The van der Waals surface area contributed by atoms with Crippen LogP contribution in [0.15, 0.2) is 17.5 Å². The van der Waals surface area contributed by atoms with Gasteiger partial charge in [0, 0.05) is 31.3 Å². The molecule has 0 radical (unpaired) electrons. The Hall–Kier alpha value is -6.51. The Bertz CT molecular complexity index is 1840. The van der Waals surface area contributed by atoms with Crippen molar-refractivity contribution < 1.29 is 58.2 Å². The first-order valence-electron chi connectivity index (χ1n) is 20.8. The Morgan fingerprint density at radius 3 is 1.97 bits per heavy atom. The molecule has 1 aromatic rings. The fourth-order valence-corrected chi connectivity index (χ4v) is 6.82. The van der Waals surface area contributed by atoms with E-state index in [0.29, 0.717) is 24.4 Å². The Kier molecular flexibility index (Phi) is 23.8. The molecule has 0 spiro atoms. The molecule has 7 atom stereocenters. The lowest BCUT2D eigenvalue weighted by Crippen LogP contribution is -2.60. The zero-order valence-electron chi connectivity index (χ0n) is 36.5. The van der Waals surface area contributed by atoms with Crippen molar-refractivity contribution in [1.82, 2.24) is 52.5 Å². The van der Waals surface area contributed by atoms with Gasteiger partial charge in [-0.05, 0) is 63.0 Å². The third-order valence-electron chi connectivity index (χ3n) is 9.80. The van der Waals surface area contributed by atoms with Crippen LogP contribution in [-0.2, 0) is 54.4 Å². The van der Waals surface area contributed by atoms with Crippen molar-refractivity contribution in [2.45, 2.75) is 114 Å². The van der Waals surface area contributed by atoms with E-state index in [9.17, 15) is 58.2 Å². The standard InChI is InChI=1S/C38H62N14O12S/c1-19(2)30(52-34(60)24(10-13-65-3)47-28(54)17-45-31(57)21-6-4-11-43-21)36(62)49-22(7-5-12-44-38(40)41)32(58)50-25(14-20-16-42-18-46-20)35(61)48-23(8-9-29(55)56)33(59)51-26(37(63)64)15-27(39)53/h16,18-19,21-26,30,43H,4-15,17H2,1-3H3,(H2,39,53)(H,42,46)(H,45,57)(H,47,54)(H,48,61)(H,49,62)(H,50,58)(H,51,59)(H,52,60)(H,55,56)(H,63,64)(H4,40,41,44)/t21-,22-,23-,24-,25-,26-,30-/m0/s1. The highest BCUT2D eigenvalue weighted by Gasteiger charge is 2.35. The highest BCUT2D eigenvalue weighted by molar-refractivity contribution is 7.98. The van der Waals surface area contributed by atoms with Gasteiger partial charge in [0.1, 0.15) is 36.3 Å². The Morgan fingerprint density at radius 2 is 1.42 bits per heavy atom. The molecule has 17 N–H and O–H groups in total. The molecular formula is C38H62N14O12S. The minimum atomic E-state index is -1.81. The number of thioether (sulfide) groups is 1. The van der Waals surface area contributed by atoms with Crippen molar-refractivity contribution in [1.29, 1.82) is 0 Å². The molecule has 1 fully saturated rings. The number of hydrogen-bond donors (Lipinski definition) is 14. The molecule has 1 saturated heterocycles. The maximum absolute atomic E-state index is 14.1. The summed E-state index contributed by atoms with van der Waals surface area (Å²) in [6.07, 6.45) is 3.76. The summed E-state index contributed by atoms with van der Waals surface area (Å²) in [5.74, 6) is -10.0. The maximum Gasteiger partial charge on any atom is 0.326 e. The molecular weight excluding hydrogens is 877 g/mol. The molecule has 0 aromatic carbocycles. The first kappa shape index (κ1) is 54.6. The van der Waals surface area contributed by atoms with Crippen LogP contribution >= 0.6 is 11.8 Å². The Labute approximate surface area is 378 Å². The third kappa shape index (κ3) is 20.7. The molecule has 1 aliphatic rings. The van der Waals surface area contributed by atoms with Crippen molar-refractivity contribution in [2.75, 3.05) is 31.6 Å². The topological polar surface area (TPSA) is 426 Å². The summed E-state index contributed by atoms with van der Waals surface area (Å²) >= 11 is 1.41. The number of primary amides is 1. The lowest BCUT2D eigenvalue weighted by molar-refractivity contribution is -0.144. The summed E-state index contributed by atoms with van der Waals surface area (Å²) in [7, 11) is 0. The fourth-order valence-electron chi connectivity index (χ4n) is 6.35. The van der Waals surface area contributed by atoms with Gasteiger partial charge in [0.05, 0.1) is 25.3 Å². The highest BCUT2D eigenvalue weighted by atomic mass is 32.2. The zero-order chi connectivity index (χ0) is 48.6. The number of nitrogens with one attached hydrogen (secondary N) is 9. The summed E-state index contributed by atoms with van der Waals surface area (Å²) in [6.45, 7) is 3.58. The second-order valence-corrected chi connectivity index (χ2v) is 16.4. The largest absolute Gasteiger partial charge is 0.481 e. The minimum absolute atomic E-state index is 0.0201. The lowest BCUT2D eigenvalue weighted by Gasteiger charge is -2.28. The summed E-state index contributed by atoms with van der Waals surface area (Å²) < 4.78 is 0. The number of aromatic nitrogens is 2. The molecule has 27 heteroatoms. The smallest absolute Gasteiger partial charge is 0.326 e. The number of guanidine groups is 1. The number of nitrogens with zero attached hydrogens (tertiary/aromatic N) is 2. The van der Waals surface area contributed by atoms with Gasteiger partial charge < -0.3 is 74.9 Å². The van der Waals surface area contributed by atoms with Crippen molar-refractivity contribution in [3.8, 4) is 0 Å². The van der Waals surface area contributed by atoms with E-state index in [1.807, 2.05) is 0 Å². The van der Waals surface area contributed by atoms with Crippen molar-refractivity contribution in [2.24, 2.45) is 28.1 Å². The first-order valence-corrected chi connectivity index (χ1v) is 22.2. The van der Waals surface area contributed by atoms with Gasteiger partial charge in [-0.15, -0.1) is 0 Å². The first-order chi connectivity index (χ1) is 30.7. The predicted octanol–water partition coefficient (Wildman–Crippen LogP) is -4.98. The van der Waals surface area contributed by atoms with E-state index in [1.165, 1.54) is 24.3 Å². The molecule has 2 heterocycles. The normalized spacial score (nSPS) is 16.0. The van der Waals surface area contributed by atoms with Crippen molar-refractivity contribution in [3.05, 3.63) is 18.2 Å².